The first-order valence-electron chi connectivity index (χ1n) is 11.6. The first-order valence-corrected chi connectivity index (χ1v) is 11.6. The van der Waals surface area contributed by atoms with E-state index in [1.165, 1.54) is 11.8 Å². The minimum absolute atomic E-state index is 0.133. The molecule has 10 heteroatoms. The number of carbonyl (C=O) groups excluding carboxylic acids is 1. The van der Waals surface area contributed by atoms with Gasteiger partial charge in [-0.25, -0.2) is 9.78 Å². The number of piperidine rings is 1. The number of hydrogen-bond acceptors (Lipinski definition) is 6. The molecule has 3 heterocycles. The van der Waals surface area contributed by atoms with Crippen molar-refractivity contribution in [1.29, 1.82) is 0 Å². The van der Waals surface area contributed by atoms with Gasteiger partial charge in [0.25, 0.3) is 0 Å². The highest BCUT2D eigenvalue weighted by Gasteiger charge is 2.37. The molecule has 1 aromatic carbocycles. The molecule has 0 N–H and O–H groups in total. The van der Waals surface area contributed by atoms with Gasteiger partial charge in [-0.3, -0.25) is 14.8 Å². The zero-order chi connectivity index (χ0) is 24.3. The summed E-state index contributed by atoms with van der Waals surface area (Å²) in [4.78, 5) is 26.2. The van der Waals surface area contributed by atoms with Crippen molar-refractivity contribution in [2.75, 3.05) is 31.1 Å². The van der Waals surface area contributed by atoms with Crippen molar-refractivity contribution >= 4 is 11.9 Å². The third-order valence-electron chi connectivity index (χ3n) is 6.42. The van der Waals surface area contributed by atoms with Gasteiger partial charge in [-0.15, -0.1) is 0 Å². The monoisotopic (exact) mass is 477 g/mol. The number of piperazine rings is 1. The standard InChI is InChI=1S/C24H30F3N5O2/c1-17-14-31(22-13-28-12-21(29-22)24(25,26)27)15-18(2)32(17)23(33)34-20-8-10-30(11-9-20)16-19-6-4-3-5-7-19/h3-7,12-13,17-18,20H,8-11,14-16H2,1-2H3/t17-,18-/m1/s1. The van der Waals surface area contributed by atoms with Gasteiger partial charge < -0.3 is 9.64 Å². The van der Waals surface area contributed by atoms with Gasteiger partial charge in [-0.05, 0) is 32.3 Å². The van der Waals surface area contributed by atoms with Gasteiger partial charge in [0.05, 0.1) is 24.5 Å². The minimum Gasteiger partial charge on any atom is -0.446 e. The van der Waals surface area contributed by atoms with Gasteiger partial charge in [0, 0.05) is 32.7 Å². The van der Waals surface area contributed by atoms with Crippen LogP contribution >= 0.6 is 0 Å². The summed E-state index contributed by atoms with van der Waals surface area (Å²) in [6, 6.07) is 9.80. The van der Waals surface area contributed by atoms with E-state index in [4.69, 9.17) is 4.74 Å². The Hall–Kier alpha value is -2.88. The van der Waals surface area contributed by atoms with Crippen LogP contribution in [0.3, 0.4) is 0 Å². The van der Waals surface area contributed by atoms with Gasteiger partial charge in [0.15, 0.2) is 5.69 Å². The molecule has 2 saturated heterocycles. The number of rotatable bonds is 4. The Labute approximate surface area is 197 Å². The highest BCUT2D eigenvalue weighted by molar-refractivity contribution is 5.69. The van der Waals surface area contributed by atoms with Crippen molar-refractivity contribution in [3.63, 3.8) is 0 Å². The second-order valence-corrected chi connectivity index (χ2v) is 9.12. The van der Waals surface area contributed by atoms with Crippen molar-refractivity contribution < 1.29 is 22.7 Å². The summed E-state index contributed by atoms with van der Waals surface area (Å²) in [5, 5.41) is 0. The molecule has 2 atom stereocenters. The number of halogens is 3. The maximum absolute atomic E-state index is 13.0. The molecule has 2 fully saturated rings. The molecule has 1 aromatic heterocycles. The van der Waals surface area contributed by atoms with E-state index in [0.717, 1.165) is 38.7 Å². The predicted molar refractivity (Wildman–Crippen MR) is 121 cm³/mol. The van der Waals surface area contributed by atoms with E-state index < -0.39 is 11.9 Å². The van der Waals surface area contributed by atoms with Crippen molar-refractivity contribution in [1.82, 2.24) is 19.8 Å². The van der Waals surface area contributed by atoms with Crippen LogP contribution in [0.25, 0.3) is 0 Å². The molecule has 184 valence electrons. The molecule has 0 radical (unpaired) electrons. The molecule has 2 aliphatic rings. The van der Waals surface area contributed by atoms with Gasteiger partial charge in [-0.2, -0.15) is 13.2 Å². The molecule has 2 aromatic rings. The number of alkyl halides is 3. The Kier molecular flexibility index (Phi) is 7.25. The summed E-state index contributed by atoms with van der Waals surface area (Å²) in [5.41, 5.74) is 0.245. The molecular formula is C24H30F3N5O2. The second-order valence-electron chi connectivity index (χ2n) is 9.12. The first kappa shape index (κ1) is 24.3. The smallest absolute Gasteiger partial charge is 0.434 e. The Bertz CT molecular complexity index is 955. The number of ether oxygens (including phenoxy) is 1. The average molecular weight is 478 g/mol. The number of amides is 1. The number of likely N-dealkylation sites (tertiary alicyclic amines) is 1. The van der Waals surface area contributed by atoms with Gasteiger partial charge >= 0.3 is 12.3 Å². The third-order valence-corrected chi connectivity index (χ3v) is 6.42. The van der Waals surface area contributed by atoms with Crippen LogP contribution in [0.2, 0.25) is 0 Å². The Balaban J connectivity index is 1.30. The van der Waals surface area contributed by atoms with Crippen molar-refractivity contribution in [2.24, 2.45) is 0 Å². The fourth-order valence-corrected chi connectivity index (χ4v) is 4.74. The average Bonchev–Trinajstić information content (AvgIpc) is 2.80. The van der Waals surface area contributed by atoms with Gasteiger partial charge in [-0.1, -0.05) is 30.3 Å². The molecule has 1 amide bonds. The summed E-state index contributed by atoms with van der Waals surface area (Å²) < 4.78 is 44.9. The van der Waals surface area contributed by atoms with Crippen molar-refractivity contribution in [3.05, 3.63) is 54.0 Å². The molecule has 0 saturated carbocycles. The number of benzene rings is 1. The van der Waals surface area contributed by atoms with Crippen LogP contribution < -0.4 is 4.90 Å². The van der Waals surface area contributed by atoms with E-state index in [1.807, 2.05) is 32.0 Å². The molecule has 0 spiro atoms. The van der Waals surface area contributed by atoms with Crippen LogP contribution in [0.1, 0.15) is 37.9 Å². The maximum Gasteiger partial charge on any atom is 0.434 e. The number of anilines is 1. The highest BCUT2D eigenvalue weighted by atomic mass is 19.4. The summed E-state index contributed by atoms with van der Waals surface area (Å²) in [7, 11) is 0. The van der Waals surface area contributed by atoms with Crippen LogP contribution in [0.4, 0.5) is 23.8 Å². The van der Waals surface area contributed by atoms with Crippen LogP contribution in [0.5, 0.6) is 0 Å². The third kappa shape index (κ3) is 5.78. The predicted octanol–water partition coefficient (Wildman–Crippen LogP) is 4.20. The lowest BCUT2D eigenvalue weighted by molar-refractivity contribution is -0.141. The van der Waals surface area contributed by atoms with Gasteiger partial charge in [0.2, 0.25) is 0 Å². The van der Waals surface area contributed by atoms with E-state index in [1.54, 1.807) is 9.80 Å². The first-order chi connectivity index (χ1) is 16.2. The fraction of sp³-hybridized carbons (Fsp3) is 0.542. The van der Waals surface area contributed by atoms with E-state index in [9.17, 15) is 18.0 Å². The molecule has 34 heavy (non-hydrogen) atoms. The van der Waals surface area contributed by atoms with E-state index in [-0.39, 0.29) is 30.1 Å². The lowest BCUT2D eigenvalue weighted by atomic mass is 10.1. The van der Waals surface area contributed by atoms with E-state index in [0.29, 0.717) is 13.1 Å². The lowest BCUT2D eigenvalue weighted by Crippen LogP contribution is -2.59. The largest absolute Gasteiger partial charge is 0.446 e. The molecule has 0 bridgehead atoms. The lowest BCUT2D eigenvalue weighted by Gasteiger charge is -2.44. The van der Waals surface area contributed by atoms with Crippen LogP contribution in [0.15, 0.2) is 42.7 Å². The summed E-state index contributed by atoms with van der Waals surface area (Å²) in [6.45, 7) is 7.05. The topological polar surface area (TPSA) is 61.8 Å². The number of nitrogens with zero attached hydrogens (tertiary/aromatic N) is 5. The zero-order valence-electron chi connectivity index (χ0n) is 19.4. The van der Waals surface area contributed by atoms with Crippen LogP contribution in [-0.4, -0.2) is 70.2 Å². The Morgan fingerprint density at radius 1 is 1.06 bits per heavy atom. The van der Waals surface area contributed by atoms with Gasteiger partial charge in [0.1, 0.15) is 11.9 Å². The van der Waals surface area contributed by atoms with E-state index >= 15 is 0 Å². The Morgan fingerprint density at radius 3 is 2.32 bits per heavy atom. The fourth-order valence-electron chi connectivity index (χ4n) is 4.74. The number of carbonyl (C=O) groups is 1. The molecule has 7 nitrogen and oxygen atoms in total. The quantitative estimate of drug-likeness (QED) is 0.658. The normalized spacial score (nSPS) is 22.6. The molecule has 4 rings (SSSR count). The molecular weight excluding hydrogens is 447 g/mol. The summed E-state index contributed by atoms with van der Waals surface area (Å²) in [6.07, 6.45) is -1.45. The van der Waals surface area contributed by atoms with Crippen molar-refractivity contribution in [3.8, 4) is 0 Å². The SMILES string of the molecule is C[C@@H]1CN(c2cncc(C(F)(F)F)n2)C[C@@H](C)N1C(=O)OC1CCN(Cc2ccccc2)CC1. The minimum atomic E-state index is -4.55. The zero-order valence-corrected chi connectivity index (χ0v) is 19.4. The number of hydrogen-bond donors (Lipinski definition) is 0. The van der Waals surface area contributed by atoms with E-state index in [2.05, 4.69) is 27.0 Å². The molecule has 0 aliphatic carbocycles. The Morgan fingerprint density at radius 2 is 1.71 bits per heavy atom. The summed E-state index contributed by atoms with van der Waals surface area (Å²) in [5.74, 6) is 0.160. The molecule has 2 aliphatic heterocycles. The van der Waals surface area contributed by atoms with Crippen LogP contribution in [0, 0.1) is 0 Å². The second kappa shape index (κ2) is 10.2. The van der Waals surface area contributed by atoms with Crippen molar-refractivity contribution in [2.45, 2.75) is 57.6 Å². The number of aromatic nitrogens is 2. The van der Waals surface area contributed by atoms with Crippen LogP contribution in [-0.2, 0) is 17.5 Å². The molecule has 0 unspecified atom stereocenters. The maximum atomic E-state index is 13.0. The summed E-state index contributed by atoms with van der Waals surface area (Å²) >= 11 is 0. The highest BCUT2D eigenvalue weighted by Crippen LogP contribution is 2.29.